The van der Waals surface area contributed by atoms with E-state index < -0.39 is 0 Å². The maximum atomic E-state index is 12.1. The van der Waals surface area contributed by atoms with Gasteiger partial charge in [0.1, 0.15) is 0 Å². The number of para-hydroxylation sites is 1. The van der Waals surface area contributed by atoms with Crippen molar-refractivity contribution >= 4 is 11.6 Å². The van der Waals surface area contributed by atoms with Gasteiger partial charge in [0.05, 0.1) is 18.7 Å². The Balaban J connectivity index is 2.68. The van der Waals surface area contributed by atoms with Gasteiger partial charge in [-0.15, -0.1) is 0 Å². The lowest BCUT2D eigenvalue weighted by Gasteiger charge is -2.29. The van der Waals surface area contributed by atoms with E-state index in [2.05, 4.69) is 11.4 Å². The summed E-state index contributed by atoms with van der Waals surface area (Å²) in [6.45, 7) is 6.02. The van der Waals surface area contributed by atoms with E-state index in [1.165, 1.54) is 0 Å². The predicted molar refractivity (Wildman–Crippen MR) is 72.0 cm³/mol. The lowest BCUT2D eigenvalue weighted by Crippen LogP contribution is -2.45. The lowest BCUT2D eigenvalue weighted by atomic mass is 10.2. The molecule has 4 nitrogen and oxygen atoms in total. The first-order valence-electron chi connectivity index (χ1n) is 6.05. The minimum atomic E-state index is -0.329. The average molecular weight is 245 g/mol. The van der Waals surface area contributed by atoms with Crippen LogP contribution < -0.4 is 5.32 Å². The van der Waals surface area contributed by atoms with Crippen LogP contribution in [0.2, 0.25) is 0 Å². The van der Waals surface area contributed by atoms with Gasteiger partial charge in [-0.3, -0.25) is 9.69 Å². The number of nitriles is 1. The second-order valence-electron chi connectivity index (χ2n) is 4.46. The van der Waals surface area contributed by atoms with E-state index >= 15 is 0 Å². The van der Waals surface area contributed by atoms with Crippen LogP contribution in [0, 0.1) is 11.3 Å². The van der Waals surface area contributed by atoms with Crippen LogP contribution in [0.3, 0.4) is 0 Å². The molecule has 0 heterocycles. The summed E-state index contributed by atoms with van der Waals surface area (Å²) in [5.74, 6) is -0.0925. The summed E-state index contributed by atoms with van der Waals surface area (Å²) in [5.41, 5.74) is 0.773. The normalized spacial score (nSPS) is 12.2. The van der Waals surface area contributed by atoms with E-state index in [1.807, 2.05) is 56.0 Å². The molecule has 0 aliphatic carbocycles. The molecule has 0 bridgehead atoms. The van der Waals surface area contributed by atoms with E-state index in [0.717, 1.165) is 5.69 Å². The van der Waals surface area contributed by atoms with Crippen molar-refractivity contribution in [2.75, 3.05) is 11.9 Å². The maximum Gasteiger partial charge on any atom is 0.241 e. The average Bonchev–Trinajstić information content (AvgIpc) is 2.36. The van der Waals surface area contributed by atoms with Crippen molar-refractivity contribution in [3.63, 3.8) is 0 Å². The van der Waals surface area contributed by atoms with Crippen LogP contribution in [0.1, 0.15) is 20.8 Å². The van der Waals surface area contributed by atoms with E-state index in [-0.39, 0.29) is 24.5 Å². The third kappa shape index (κ3) is 3.86. The number of anilines is 1. The number of amides is 1. The van der Waals surface area contributed by atoms with Crippen LogP contribution in [0.15, 0.2) is 30.3 Å². The third-order valence-corrected chi connectivity index (χ3v) is 2.83. The van der Waals surface area contributed by atoms with Gasteiger partial charge in [0.15, 0.2) is 0 Å². The molecule has 1 rings (SSSR count). The van der Waals surface area contributed by atoms with E-state index in [0.29, 0.717) is 0 Å². The summed E-state index contributed by atoms with van der Waals surface area (Å²) < 4.78 is 0. The number of hydrogen-bond donors (Lipinski definition) is 1. The summed E-state index contributed by atoms with van der Waals surface area (Å²) in [7, 11) is 0. The molecule has 0 aromatic heterocycles. The van der Waals surface area contributed by atoms with Crippen molar-refractivity contribution in [1.29, 1.82) is 5.26 Å². The molecule has 0 fully saturated rings. The van der Waals surface area contributed by atoms with Gasteiger partial charge < -0.3 is 5.32 Å². The number of carbonyl (C=O) groups is 1. The molecule has 0 aliphatic rings. The number of nitrogens with one attached hydrogen (secondary N) is 1. The fourth-order valence-electron chi connectivity index (χ4n) is 1.77. The van der Waals surface area contributed by atoms with Crippen LogP contribution in [0.5, 0.6) is 0 Å². The van der Waals surface area contributed by atoms with Crippen molar-refractivity contribution in [3.8, 4) is 6.07 Å². The van der Waals surface area contributed by atoms with Crippen molar-refractivity contribution in [2.24, 2.45) is 0 Å². The molecular formula is C14H19N3O. The number of hydrogen-bond acceptors (Lipinski definition) is 3. The van der Waals surface area contributed by atoms with E-state index in [1.54, 1.807) is 0 Å². The van der Waals surface area contributed by atoms with Gasteiger partial charge in [-0.05, 0) is 32.9 Å². The molecular weight excluding hydrogens is 226 g/mol. The van der Waals surface area contributed by atoms with Gasteiger partial charge in [0, 0.05) is 11.7 Å². The number of rotatable bonds is 5. The Morgan fingerprint density at radius 2 is 1.94 bits per heavy atom. The Kier molecular flexibility index (Phi) is 5.34. The van der Waals surface area contributed by atoms with Gasteiger partial charge >= 0.3 is 0 Å². The molecule has 0 saturated carbocycles. The first kappa shape index (κ1) is 14.2. The Morgan fingerprint density at radius 1 is 1.33 bits per heavy atom. The monoisotopic (exact) mass is 245 g/mol. The minimum absolute atomic E-state index is 0.0925. The van der Waals surface area contributed by atoms with E-state index in [9.17, 15) is 4.79 Å². The maximum absolute atomic E-state index is 12.1. The predicted octanol–water partition coefficient (Wildman–Crippen LogP) is 2.25. The first-order valence-corrected chi connectivity index (χ1v) is 6.05. The molecule has 0 aliphatic heterocycles. The van der Waals surface area contributed by atoms with Crippen molar-refractivity contribution in [2.45, 2.75) is 32.9 Å². The Hall–Kier alpha value is -1.86. The first-order chi connectivity index (χ1) is 8.56. The van der Waals surface area contributed by atoms with Crippen LogP contribution in [-0.4, -0.2) is 29.4 Å². The van der Waals surface area contributed by atoms with Crippen LogP contribution in [-0.2, 0) is 4.79 Å². The molecule has 1 atom stereocenters. The molecule has 1 aromatic rings. The molecule has 1 N–H and O–H groups in total. The smallest absolute Gasteiger partial charge is 0.241 e. The molecule has 18 heavy (non-hydrogen) atoms. The fraction of sp³-hybridized carbons (Fsp3) is 0.429. The van der Waals surface area contributed by atoms with Gasteiger partial charge in [0.2, 0.25) is 5.91 Å². The summed E-state index contributed by atoms with van der Waals surface area (Å²) >= 11 is 0. The molecule has 1 aromatic carbocycles. The highest BCUT2D eigenvalue weighted by molar-refractivity contribution is 5.94. The molecule has 0 saturated heterocycles. The largest absolute Gasteiger partial charge is 0.325 e. The SMILES string of the molecule is CC(C)N(CC#N)C(C)C(=O)Nc1ccccc1. The number of benzene rings is 1. The summed E-state index contributed by atoms with van der Waals surface area (Å²) in [4.78, 5) is 13.9. The van der Waals surface area contributed by atoms with Crippen molar-refractivity contribution in [3.05, 3.63) is 30.3 Å². The summed E-state index contributed by atoms with van der Waals surface area (Å²) in [6, 6.07) is 11.2. The van der Waals surface area contributed by atoms with Crippen molar-refractivity contribution in [1.82, 2.24) is 4.90 Å². The number of nitrogens with zero attached hydrogens (tertiary/aromatic N) is 2. The minimum Gasteiger partial charge on any atom is -0.325 e. The Bertz CT molecular complexity index is 422. The molecule has 0 radical (unpaired) electrons. The van der Waals surface area contributed by atoms with Crippen LogP contribution >= 0.6 is 0 Å². The van der Waals surface area contributed by atoms with Gasteiger partial charge in [-0.25, -0.2) is 0 Å². The molecule has 1 amide bonds. The Morgan fingerprint density at radius 3 is 2.44 bits per heavy atom. The third-order valence-electron chi connectivity index (χ3n) is 2.83. The van der Waals surface area contributed by atoms with Crippen LogP contribution in [0.25, 0.3) is 0 Å². The fourth-order valence-corrected chi connectivity index (χ4v) is 1.77. The highest BCUT2D eigenvalue weighted by Crippen LogP contribution is 2.10. The number of carbonyl (C=O) groups excluding carboxylic acids is 1. The van der Waals surface area contributed by atoms with Crippen molar-refractivity contribution < 1.29 is 4.79 Å². The second kappa shape index (κ2) is 6.77. The summed E-state index contributed by atoms with van der Waals surface area (Å²) in [6.07, 6.45) is 0. The second-order valence-corrected chi connectivity index (χ2v) is 4.46. The Labute approximate surface area is 108 Å². The zero-order valence-corrected chi connectivity index (χ0v) is 11.1. The molecule has 1 unspecified atom stereocenters. The summed E-state index contributed by atoms with van der Waals surface area (Å²) in [5, 5.41) is 11.6. The zero-order chi connectivity index (χ0) is 13.5. The van der Waals surface area contributed by atoms with Gasteiger partial charge in [0.25, 0.3) is 0 Å². The highest BCUT2D eigenvalue weighted by atomic mass is 16.2. The highest BCUT2D eigenvalue weighted by Gasteiger charge is 2.23. The molecule has 96 valence electrons. The van der Waals surface area contributed by atoms with E-state index in [4.69, 9.17) is 5.26 Å². The molecule has 4 heteroatoms. The zero-order valence-electron chi connectivity index (χ0n) is 11.1. The lowest BCUT2D eigenvalue weighted by molar-refractivity contribution is -0.121. The standard InChI is InChI=1S/C14H19N3O/c1-11(2)17(10-9-15)12(3)14(18)16-13-7-5-4-6-8-13/h4-8,11-12H,10H2,1-3H3,(H,16,18). The quantitative estimate of drug-likeness (QED) is 0.809. The molecule has 0 spiro atoms. The van der Waals surface area contributed by atoms with Gasteiger partial charge in [-0.2, -0.15) is 5.26 Å². The topological polar surface area (TPSA) is 56.1 Å². The van der Waals surface area contributed by atoms with Crippen LogP contribution in [0.4, 0.5) is 5.69 Å². The van der Waals surface area contributed by atoms with Gasteiger partial charge in [-0.1, -0.05) is 18.2 Å².